The minimum atomic E-state index is -0.321. The van der Waals surface area contributed by atoms with E-state index in [1.807, 2.05) is 36.2 Å². The van der Waals surface area contributed by atoms with Crippen LogP contribution in [0.3, 0.4) is 0 Å². The van der Waals surface area contributed by atoms with Gasteiger partial charge in [-0.05, 0) is 36.4 Å². The number of benzene rings is 2. The minimum Gasteiger partial charge on any atom is -0.493 e. The van der Waals surface area contributed by atoms with E-state index >= 15 is 0 Å². The van der Waals surface area contributed by atoms with Crippen LogP contribution in [0.25, 0.3) is 11.0 Å². The smallest absolute Gasteiger partial charge is 0.231 e. The minimum absolute atomic E-state index is 0.0731. The number of halogens is 1. The van der Waals surface area contributed by atoms with Gasteiger partial charge in [-0.3, -0.25) is 9.69 Å². The number of carbonyl (C=O) groups is 1. The Hall–Kier alpha value is -3.22. The molecule has 2 heterocycles. The van der Waals surface area contributed by atoms with Crippen molar-refractivity contribution in [2.75, 3.05) is 36.5 Å². The maximum atomic E-state index is 12.9. The zero-order valence-corrected chi connectivity index (χ0v) is 14.9. The van der Waals surface area contributed by atoms with Crippen LogP contribution in [0.15, 0.2) is 48.5 Å². The molecule has 0 saturated carbocycles. The molecule has 7 heteroatoms. The second kappa shape index (κ2) is 7.19. The van der Waals surface area contributed by atoms with Gasteiger partial charge in [0.2, 0.25) is 5.91 Å². The van der Waals surface area contributed by atoms with Crippen molar-refractivity contribution in [2.45, 2.75) is 6.42 Å². The molecule has 1 amide bonds. The highest BCUT2D eigenvalue weighted by Gasteiger charge is 2.28. The van der Waals surface area contributed by atoms with Gasteiger partial charge in [0, 0.05) is 20.1 Å². The second-order valence-corrected chi connectivity index (χ2v) is 6.38. The lowest BCUT2D eigenvalue weighted by Gasteiger charge is -2.33. The molecule has 0 aliphatic carbocycles. The van der Waals surface area contributed by atoms with Gasteiger partial charge in [-0.25, -0.2) is 14.4 Å². The van der Waals surface area contributed by atoms with Crippen molar-refractivity contribution in [1.29, 1.82) is 0 Å². The van der Waals surface area contributed by atoms with Gasteiger partial charge in [-0.15, -0.1) is 0 Å². The number of fused-ring (bicyclic) bond motifs is 2. The van der Waals surface area contributed by atoms with Crippen LogP contribution in [-0.2, 0) is 4.79 Å². The molecule has 0 saturated heterocycles. The van der Waals surface area contributed by atoms with Crippen molar-refractivity contribution in [3.63, 3.8) is 0 Å². The predicted molar refractivity (Wildman–Crippen MR) is 102 cm³/mol. The first-order valence-electron chi connectivity index (χ1n) is 8.78. The molecule has 3 aromatic rings. The molecule has 138 valence electrons. The van der Waals surface area contributed by atoms with Gasteiger partial charge in [0.1, 0.15) is 11.6 Å². The van der Waals surface area contributed by atoms with Crippen molar-refractivity contribution < 1.29 is 13.9 Å². The molecule has 1 aliphatic heterocycles. The summed E-state index contributed by atoms with van der Waals surface area (Å²) in [6.07, 6.45) is 0.203. The topological polar surface area (TPSA) is 58.6 Å². The summed E-state index contributed by atoms with van der Waals surface area (Å²) in [4.78, 5) is 25.8. The molecule has 6 nitrogen and oxygen atoms in total. The zero-order valence-electron chi connectivity index (χ0n) is 14.9. The monoisotopic (exact) mass is 366 g/mol. The molecule has 27 heavy (non-hydrogen) atoms. The molecule has 0 N–H and O–H groups in total. The van der Waals surface area contributed by atoms with Crippen LogP contribution in [0.5, 0.6) is 5.75 Å². The van der Waals surface area contributed by atoms with Crippen LogP contribution in [-0.4, -0.2) is 42.6 Å². The van der Waals surface area contributed by atoms with Crippen molar-refractivity contribution in [1.82, 2.24) is 9.97 Å². The molecule has 0 fully saturated rings. The Morgan fingerprint density at radius 3 is 2.41 bits per heavy atom. The van der Waals surface area contributed by atoms with E-state index in [2.05, 4.69) is 9.97 Å². The summed E-state index contributed by atoms with van der Waals surface area (Å²) in [5, 5.41) is 0. The van der Waals surface area contributed by atoms with Crippen LogP contribution < -0.4 is 14.5 Å². The van der Waals surface area contributed by atoms with Crippen molar-refractivity contribution in [3.05, 3.63) is 54.3 Å². The molecule has 2 aromatic carbocycles. The molecule has 0 radical (unpaired) electrons. The zero-order chi connectivity index (χ0) is 18.8. The van der Waals surface area contributed by atoms with E-state index in [0.29, 0.717) is 30.5 Å². The van der Waals surface area contributed by atoms with Crippen molar-refractivity contribution >= 4 is 28.6 Å². The molecule has 1 aromatic heterocycles. The normalized spacial score (nSPS) is 13.6. The highest BCUT2D eigenvalue weighted by atomic mass is 19.1. The number of anilines is 2. The van der Waals surface area contributed by atoms with Gasteiger partial charge in [0.15, 0.2) is 11.6 Å². The summed E-state index contributed by atoms with van der Waals surface area (Å²) < 4.78 is 18.5. The summed E-state index contributed by atoms with van der Waals surface area (Å²) in [6.45, 7) is 1.45. The Morgan fingerprint density at radius 2 is 1.70 bits per heavy atom. The number of hydrogen-bond donors (Lipinski definition) is 0. The third-order valence-corrected chi connectivity index (χ3v) is 4.51. The van der Waals surface area contributed by atoms with Crippen LogP contribution in [0, 0.1) is 5.82 Å². The Balaban J connectivity index is 1.50. The maximum absolute atomic E-state index is 12.9. The van der Waals surface area contributed by atoms with Crippen LogP contribution in [0.1, 0.15) is 6.42 Å². The number of para-hydroxylation sites is 2. The summed E-state index contributed by atoms with van der Waals surface area (Å²) in [5.74, 6) is 1.42. The van der Waals surface area contributed by atoms with Gasteiger partial charge >= 0.3 is 0 Å². The van der Waals surface area contributed by atoms with E-state index in [0.717, 1.165) is 11.0 Å². The molecular formula is C20H19FN4O2. The first kappa shape index (κ1) is 17.2. The van der Waals surface area contributed by atoms with Gasteiger partial charge in [0.05, 0.1) is 24.1 Å². The third kappa shape index (κ3) is 3.53. The van der Waals surface area contributed by atoms with E-state index in [1.165, 1.54) is 12.1 Å². The number of hydrogen-bond acceptors (Lipinski definition) is 5. The number of ether oxygens (including phenoxy) is 1. The average molecular weight is 366 g/mol. The average Bonchev–Trinajstić information content (AvgIpc) is 2.68. The maximum Gasteiger partial charge on any atom is 0.231 e. The van der Waals surface area contributed by atoms with Gasteiger partial charge < -0.3 is 9.64 Å². The number of nitrogens with zero attached hydrogens (tertiary/aromatic N) is 4. The van der Waals surface area contributed by atoms with E-state index in [-0.39, 0.29) is 24.8 Å². The molecule has 0 atom stereocenters. The summed E-state index contributed by atoms with van der Waals surface area (Å²) in [6, 6.07) is 13.4. The fourth-order valence-electron chi connectivity index (χ4n) is 3.05. The van der Waals surface area contributed by atoms with E-state index < -0.39 is 0 Å². The fourth-order valence-corrected chi connectivity index (χ4v) is 3.05. The quantitative estimate of drug-likeness (QED) is 0.710. The van der Waals surface area contributed by atoms with Gasteiger partial charge in [0.25, 0.3) is 0 Å². The largest absolute Gasteiger partial charge is 0.493 e. The summed E-state index contributed by atoms with van der Waals surface area (Å²) in [5.41, 5.74) is 1.56. The van der Waals surface area contributed by atoms with Crippen LogP contribution in [0.4, 0.5) is 16.0 Å². The van der Waals surface area contributed by atoms with Crippen LogP contribution >= 0.6 is 0 Å². The lowest BCUT2D eigenvalue weighted by molar-refractivity contribution is -0.119. The standard InChI is InChI=1S/C20H19FN4O2/c1-24-11-12-25(18(26)10-13-27-15-8-6-14(21)7-9-15)20-19(24)22-16-4-2-3-5-17(16)23-20/h2-9H,10-13H2,1H3. The number of likely N-dealkylation sites (N-methyl/N-ethyl adjacent to an activating group) is 1. The Bertz CT molecular complexity index is 977. The Labute approximate surface area is 156 Å². The summed E-state index contributed by atoms with van der Waals surface area (Å²) in [7, 11) is 1.95. The molecule has 1 aliphatic rings. The van der Waals surface area contributed by atoms with Crippen LogP contribution in [0.2, 0.25) is 0 Å². The molecule has 0 bridgehead atoms. The molecule has 0 spiro atoms. The number of aromatic nitrogens is 2. The lowest BCUT2D eigenvalue weighted by atomic mass is 10.2. The number of amides is 1. The van der Waals surface area contributed by atoms with E-state index in [9.17, 15) is 9.18 Å². The van der Waals surface area contributed by atoms with Gasteiger partial charge in [-0.1, -0.05) is 12.1 Å². The van der Waals surface area contributed by atoms with Crippen molar-refractivity contribution in [3.8, 4) is 5.75 Å². The molecular weight excluding hydrogens is 347 g/mol. The second-order valence-electron chi connectivity index (χ2n) is 6.38. The van der Waals surface area contributed by atoms with Crippen molar-refractivity contribution in [2.24, 2.45) is 0 Å². The number of carbonyl (C=O) groups excluding carboxylic acids is 1. The lowest BCUT2D eigenvalue weighted by Crippen LogP contribution is -2.44. The predicted octanol–water partition coefficient (Wildman–Crippen LogP) is 3.02. The highest BCUT2D eigenvalue weighted by Crippen LogP contribution is 2.30. The summed E-state index contributed by atoms with van der Waals surface area (Å²) >= 11 is 0. The number of rotatable bonds is 4. The Kier molecular flexibility index (Phi) is 4.58. The third-order valence-electron chi connectivity index (χ3n) is 4.51. The van der Waals surface area contributed by atoms with Gasteiger partial charge in [-0.2, -0.15) is 0 Å². The SMILES string of the molecule is CN1CCN(C(=O)CCOc2ccc(F)cc2)c2nc3ccccc3nc21. The highest BCUT2D eigenvalue weighted by molar-refractivity contribution is 5.97. The fraction of sp³-hybridized carbons (Fsp3) is 0.250. The first-order valence-corrected chi connectivity index (χ1v) is 8.78. The van der Waals surface area contributed by atoms with E-state index in [4.69, 9.17) is 4.74 Å². The molecule has 0 unspecified atom stereocenters. The Morgan fingerprint density at radius 1 is 1.04 bits per heavy atom. The first-order chi connectivity index (χ1) is 13.1. The molecule has 4 rings (SSSR count). The van der Waals surface area contributed by atoms with E-state index in [1.54, 1.807) is 17.0 Å².